The first-order chi connectivity index (χ1) is 15.0. The summed E-state index contributed by atoms with van der Waals surface area (Å²) in [7, 11) is 1.57. The van der Waals surface area contributed by atoms with Gasteiger partial charge >= 0.3 is 0 Å². The van der Waals surface area contributed by atoms with E-state index in [1.54, 1.807) is 18.1 Å². The molecule has 31 heavy (non-hydrogen) atoms. The second-order valence-electron chi connectivity index (χ2n) is 7.56. The number of para-hydroxylation sites is 2. The summed E-state index contributed by atoms with van der Waals surface area (Å²) in [4.78, 5) is 28.6. The quantitative estimate of drug-likeness (QED) is 0.632. The first-order valence-corrected chi connectivity index (χ1v) is 10.7. The Bertz CT molecular complexity index is 885. The number of hydrogen-bond acceptors (Lipinski definition) is 5. The van der Waals surface area contributed by atoms with Crippen molar-refractivity contribution in [1.82, 2.24) is 4.90 Å². The standard InChI is InChI=1S/C24H31N3O4/c1-3-31-19-12-10-18(11-13-19)20-8-6-15-26(20)17-24(29)27(16-14-23(25)28)21-7-4-5-9-22(21)30-2/h4-5,7,9-13,20H,3,6,8,14-17H2,1-2H3,(H2,25,28)/t20-/m0/s1. The van der Waals surface area contributed by atoms with Gasteiger partial charge in [-0.15, -0.1) is 0 Å². The molecule has 1 aliphatic rings. The maximum atomic E-state index is 13.4. The monoisotopic (exact) mass is 425 g/mol. The SMILES string of the molecule is CCOc1ccc([C@@H]2CCCN2CC(=O)N(CCC(N)=O)c2ccccc2OC)cc1. The lowest BCUT2D eigenvalue weighted by Gasteiger charge is -2.29. The highest BCUT2D eigenvalue weighted by molar-refractivity contribution is 5.96. The Morgan fingerprint density at radius 1 is 1.16 bits per heavy atom. The van der Waals surface area contributed by atoms with Crippen LogP contribution in [0.3, 0.4) is 0 Å². The third-order valence-corrected chi connectivity index (χ3v) is 5.54. The number of methoxy groups -OCH3 is 1. The number of nitrogens with zero attached hydrogens (tertiary/aromatic N) is 2. The molecule has 2 amide bonds. The number of benzene rings is 2. The fourth-order valence-corrected chi connectivity index (χ4v) is 4.06. The summed E-state index contributed by atoms with van der Waals surface area (Å²) < 4.78 is 11.0. The van der Waals surface area contributed by atoms with Crippen molar-refractivity contribution >= 4 is 17.5 Å². The number of anilines is 1. The predicted molar refractivity (Wildman–Crippen MR) is 120 cm³/mol. The summed E-state index contributed by atoms with van der Waals surface area (Å²) in [6.07, 6.45) is 2.12. The van der Waals surface area contributed by atoms with Gasteiger partial charge in [-0.05, 0) is 56.1 Å². The number of likely N-dealkylation sites (tertiary alicyclic amines) is 1. The van der Waals surface area contributed by atoms with E-state index in [9.17, 15) is 9.59 Å². The average molecular weight is 426 g/mol. The minimum Gasteiger partial charge on any atom is -0.495 e. The molecule has 1 saturated heterocycles. The van der Waals surface area contributed by atoms with Crippen LogP contribution in [0.1, 0.15) is 37.8 Å². The van der Waals surface area contributed by atoms with E-state index in [0.29, 0.717) is 18.0 Å². The topological polar surface area (TPSA) is 85.1 Å². The van der Waals surface area contributed by atoms with Crippen molar-refractivity contribution in [2.75, 3.05) is 38.3 Å². The molecule has 2 aromatic carbocycles. The van der Waals surface area contributed by atoms with Gasteiger partial charge in [0.05, 0.1) is 25.9 Å². The summed E-state index contributed by atoms with van der Waals surface area (Å²) in [5, 5.41) is 0. The normalized spacial score (nSPS) is 16.1. The van der Waals surface area contributed by atoms with E-state index in [-0.39, 0.29) is 31.5 Å². The lowest BCUT2D eigenvalue weighted by atomic mass is 10.0. The van der Waals surface area contributed by atoms with Crippen LogP contribution in [0, 0.1) is 0 Å². The molecule has 1 fully saturated rings. The Morgan fingerprint density at radius 2 is 1.90 bits per heavy atom. The zero-order chi connectivity index (χ0) is 22.2. The highest BCUT2D eigenvalue weighted by Gasteiger charge is 2.30. The Hall–Kier alpha value is -3.06. The van der Waals surface area contributed by atoms with Gasteiger partial charge in [-0.2, -0.15) is 0 Å². The molecule has 166 valence electrons. The fourth-order valence-electron chi connectivity index (χ4n) is 4.06. The number of primary amides is 1. The molecule has 3 rings (SSSR count). The minimum atomic E-state index is -0.443. The van der Waals surface area contributed by atoms with Crippen LogP contribution in [-0.4, -0.2) is 50.1 Å². The number of hydrogen-bond donors (Lipinski definition) is 1. The van der Waals surface area contributed by atoms with E-state index in [1.165, 1.54) is 5.56 Å². The lowest BCUT2D eigenvalue weighted by Crippen LogP contribution is -2.41. The largest absolute Gasteiger partial charge is 0.495 e. The van der Waals surface area contributed by atoms with Crippen molar-refractivity contribution in [2.24, 2.45) is 5.73 Å². The van der Waals surface area contributed by atoms with Gasteiger partial charge in [0, 0.05) is 19.0 Å². The number of ether oxygens (including phenoxy) is 2. The predicted octanol–water partition coefficient (Wildman–Crippen LogP) is 3.14. The molecule has 0 unspecified atom stereocenters. The third-order valence-electron chi connectivity index (χ3n) is 5.54. The van der Waals surface area contributed by atoms with Crippen LogP contribution in [0.4, 0.5) is 5.69 Å². The highest BCUT2D eigenvalue weighted by Crippen LogP contribution is 2.34. The van der Waals surface area contributed by atoms with Crippen molar-refractivity contribution in [2.45, 2.75) is 32.2 Å². The number of carbonyl (C=O) groups is 2. The van der Waals surface area contributed by atoms with E-state index in [0.717, 1.165) is 25.1 Å². The number of amides is 2. The van der Waals surface area contributed by atoms with E-state index in [1.807, 2.05) is 37.3 Å². The first-order valence-electron chi connectivity index (χ1n) is 10.7. The molecule has 7 nitrogen and oxygen atoms in total. The molecule has 2 aromatic rings. The highest BCUT2D eigenvalue weighted by atomic mass is 16.5. The molecule has 0 spiro atoms. The fraction of sp³-hybridized carbons (Fsp3) is 0.417. The van der Waals surface area contributed by atoms with Crippen LogP contribution in [0.5, 0.6) is 11.5 Å². The molecular weight excluding hydrogens is 394 g/mol. The number of nitrogens with two attached hydrogens (primary N) is 1. The molecule has 0 saturated carbocycles. The van der Waals surface area contributed by atoms with Crippen LogP contribution in [0.25, 0.3) is 0 Å². The first kappa shape index (κ1) is 22.6. The second-order valence-corrected chi connectivity index (χ2v) is 7.56. The Morgan fingerprint density at radius 3 is 2.58 bits per heavy atom. The maximum Gasteiger partial charge on any atom is 0.241 e. The average Bonchev–Trinajstić information content (AvgIpc) is 3.23. The zero-order valence-electron chi connectivity index (χ0n) is 18.3. The van der Waals surface area contributed by atoms with Gasteiger partial charge in [-0.3, -0.25) is 14.5 Å². The van der Waals surface area contributed by atoms with E-state index in [2.05, 4.69) is 17.0 Å². The van der Waals surface area contributed by atoms with Gasteiger partial charge in [0.1, 0.15) is 11.5 Å². The molecule has 7 heteroatoms. The van der Waals surface area contributed by atoms with Crippen LogP contribution >= 0.6 is 0 Å². The van der Waals surface area contributed by atoms with E-state index in [4.69, 9.17) is 15.2 Å². The Labute approximate surface area is 183 Å². The van der Waals surface area contributed by atoms with E-state index >= 15 is 0 Å². The van der Waals surface area contributed by atoms with Gasteiger partial charge in [0.15, 0.2) is 0 Å². The van der Waals surface area contributed by atoms with Gasteiger partial charge in [-0.1, -0.05) is 24.3 Å². The molecule has 0 aromatic heterocycles. The lowest BCUT2D eigenvalue weighted by molar-refractivity contribution is -0.120. The Balaban J connectivity index is 1.77. The summed E-state index contributed by atoms with van der Waals surface area (Å²) in [5.41, 5.74) is 7.18. The minimum absolute atomic E-state index is 0.0800. The summed E-state index contributed by atoms with van der Waals surface area (Å²) in [6.45, 7) is 3.92. The Kier molecular flexibility index (Phi) is 7.89. The van der Waals surface area contributed by atoms with Crippen LogP contribution < -0.4 is 20.1 Å². The van der Waals surface area contributed by atoms with Crippen molar-refractivity contribution in [3.05, 3.63) is 54.1 Å². The van der Waals surface area contributed by atoms with Gasteiger partial charge in [0.25, 0.3) is 0 Å². The van der Waals surface area contributed by atoms with E-state index < -0.39 is 5.91 Å². The second kappa shape index (κ2) is 10.8. The van der Waals surface area contributed by atoms with Crippen molar-refractivity contribution in [3.63, 3.8) is 0 Å². The van der Waals surface area contributed by atoms with Crippen LogP contribution in [0.15, 0.2) is 48.5 Å². The van der Waals surface area contributed by atoms with Gasteiger partial charge in [-0.25, -0.2) is 0 Å². The summed E-state index contributed by atoms with van der Waals surface area (Å²) >= 11 is 0. The molecule has 1 atom stereocenters. The molecular formula is C24H31N3O4. The third kappa shape index (κ3) is 5.76. The molecule has 1 heterocycles. The van der Waals surface area contributed by atoms with Gasteiger partial charge in [0.2, 0.25) is 11.8 Å². The maximum absolute atomic E-state index is 13.4. The molecule has 1 aliphatic heterocycles. The van der Waals surface area contributed by atoms with Crippen molar-refractivity contribution in [1.29, 1.82) is 0 Å². The molecule has 0 bridgehead atoms. The number of carbonyl (C=O) groups excluding carboxylic acids is 2. The molecule has 0 aliphatic carbocycles. The van der Waals surface area contributed by atoms with Gasteiger partial charge < -0.3 is 20.1 Å². The van der Waals surface area contributed by atoms with Crippen LogP contribution in [0.2, 0.25) is 0 Å². The summed E-state index contributed by atoms with van der Waals surface area (Å²) in [6, 6.07) is 15.6. The zero-order valence-corrected chi connectivity index (χ0v) is 18.3. The number of rotatable bonds is 10. The molecule has 0 radical (unpaired) electrons. The molecule has 2 N–H and O–H groups in total. The van der Waals surface area contributed by atoms with Crippen LogP contribution in [-0.2, 0) is 9.59 Å². The van der Waals surface area contributed by atoms with Crippen molar-refractivity contribution in [3.8, 4) is 11.5 Å². The smallest absolute Gasteiger partial charge is 0.241 e. The van der Waals surface area contributed by atoms with Crippen molar-refractivity contribution < 1.29 is 19.1 Å². The summed E-state index contributed by atoms with van der Waals surface area (Å²) in [5.74, 6) is 0.912.